The zero-order valence-corrected chi connectivity index (χ0v) is 16.9. The highest BCUT2D eigenvalue weighted by molar-refractivity contribution is 6.44. The molecule has 0 aliphatic carbocycles. The Morgan fingerprint density at radius 2 is 1.73 bits per heavy atom. The van der Waals surface area contributed by atoms with Crippen LogP contribution < -0.4 is 5.63 Å². The molecule has 0 bridgehead atoms. The third-order valence-corrected chi connectivity index (χ3v) is 6.29. The molecule has 0 saturated carbocycles. The molecule has 144 valence electrons. The second-order valence-electron chi connectivity index (χ2n) is 7.11. The van der Waals surface area contributed by atoms with Gasteiger partial charge in [-0.3, -0.25) is 4.98 Å². The van der Waals surface area contributed by atoms with E-state index >= 15 is 0 Å². The van der Waals surface area contributed by atoms with E-state index in [-0.39, 0.29) is 0 Å². The first-order chi connectivity index (χ1) is 14.6. The lowest BCUT2D eigenvalue weighted by Gasteiger charge is -2.15. The normalized spacial score (nSPS) is 11.8. The summed E-state index contributed by atoms with van der Waals surface area (Å²) in [5, 5.41) is 3.86. The highest BCUT2D eigenvalue weighted by Gasteiger charge is 2.21. The number of rotatable bonds is 1. The van der Waals surface area contributed by atoms with Crippen LogP contribution in [-0.4, -0.2) is 9.97 Å². The van der Waals surface area contributed by atoms with Gasteiger partial charge in [-0.15, -0.1) is 0 Å². The number of aromatic nitrogens is 2. The van der Waals surface area contributed by atoms with Crippen LogP contribution in [0, 0.1) is 0 Å². The molecule has 0 spiro atoms. The van der Waals surface area contributed by atoms with Crippen LogP contribution >= 0.6 is 23.2 Å². The average molecular weight is 431 g/mol. The van der Waals surface area contributed by atoms with E-state index in [1.807, 2.05) is 48.5 Å². The van der Waals surface area contributed by atoms with E-state index in [0.717, 1.165) is 27.2 Å². The smallest absolute Gasteiger partial charge is 0.346 e. The van der Waals surface area contributed by atoms with Crippen molar-refractivity contribution < 1.29 is 4.42 Å². The minimum Gasteiger partial charge on any atom is -0.422 e. The molecule has 0 amide bonds. The van der Waals surface area contributed by atoms with Gasteiger partial charge in [-0.25, -0.2) is 4.79 Å². The highest BCUT2D eigenvalue weighted by Crippen LogP contribution is 2.42. The van der Waals surface area contributed by atoms with Crippen LogP contribution in [0.1, 0.15) is 0 Å². The Morgan fingerprint density at radius 1 is 0.867 bits per heavy atom. The first kappa shape index (κ1) is 17.5. The number of H-pyrrole nitrogens is 1. The number of pyridine rings is 1. The Balaban J connectivity index is 1.97. The van der Waals surface area contributed by atoms with Gasteiger partial charge in [-0.2, -0.15) is 0 Å². The van der Waals surface area contributed by atoms with Gasteiger partial charge in [0, 0.05) is 33.5 Å². The molecule has 0 atom stereocenters. The van der Waals surface area contributed by atoms with E-state index < -0.39 is 5.63 Å². The predicted molar refractivity (Wildman–Crippen MR) is 123 cm³/mol. The van der Waals surface area contributed by atoms with Crippen molar-refractivity contribution in [1.82, 2.24) is 9.97 Å². The summed E-state index contributed by atoms with van der Waals surface area (Å²) in [5.41, 5.74) is 3.74. The molecule has 30 heavy (non-hydrogen) atoms. The number of nitrogens with one attached hydrogen (secondary N) is 1. The molecular weight excluding hydrogens is 419 g/mol. The van der Waals surface area contributed by atoms with Gasteiger partial charge in [-0.1, -0.05) is 59.6 Å². The van der Waals surface area contributed by atoms with Crippen molar-refractivity contribution >= 4 is 66.9 Å². The number of hydrogen-bond donors (Lipinski definition) is 1. The number of benzene rings is 3. The largest absolute Gasteiger partial charge is 0.422 e. The molecule has 6 aromatic rings. The summed E-state index contributed by atoms with van der Waals surface area (Å²) in [5.74, 6) is 0. The van der Waals surface area contributed by atoms with Gasteiger partial charge in [0.2, 0.25) is 0 Å². The monoisotopic (exact) mass is 430 g/mol. The first-order valence-corrected chi connectivity index (χ1v) is 10.1. The fourth-order valence-electron chi connectivity index (χ4n) is 4.15. The Labute approximate surface area is 179 Å². The Kier molecular flexibility index (Phi) is 3.69. The number of halogens is 2. The molecule has 3 aromatic heterocycles. The Bertz CT molecular complexity index is 1700. The molecule has 1 N–H and O–H groups in total. The third kappa shape index (κ3) is 2.35. The van der Waals surface area contributed by atoms with Crippen LogP contribution in [0.3, 0.4) is 0 Å². The lowest BCUT2D eigenvalue weighted by Crippen LogP contribution is -2.04. The van der Waals surface area contributed by atoms with Gasteiger partial charge in [-0.05, 0) is 24.3 Å². The van der Waals surface area contributed by atoms with E-state index in [2.05, 4.69) is 9.97 Å². The summed E-state index contributed by atoms with van der Waals surface area (Å²) >= 11 is 12.9. The van der Waals surface area contributed by atoms with Gasteiger partial charge in [0.25, 0.3) is 0 Å². The molecule has 0 radical (unpaired) electrons. The Morgan fingerprint density at radius 3 is 2.63 bits per heavy atom. The van der Waals surface area contributed by atoms with E-state index in [9.17, 15) is 4.79 Å². The second-order valence-corrected chi connectivity index (χ2v) is 7.89. The fraction of sp³-hybridized carbons (Fsp3) is 0. The van der Waals surface area contributed by atoms with Gasteiger partial charge < -0.3 is 9.40 Å². The molecule has 0 fully saturated rings. The van der Waals surface area contributed by atoms with Crippen LogP contribution in [0.15, 0.2) is 76.1 Å². The lowest BCUT2D eigenvalue weighted by molar-refractivity contribution is 0.569. The van der Waals surface area contributed by atoms with Gasteiger partial charge in [0.15, 0.2) is 0 Å². The summed E-state index contributed by atoms with van der Waals surface area (Å²) in [6.07, 6.45) is 1.77. The van der Waals surface area contributed by atoms with Gasteiger partial charge in [0.1, 0.15) is 5.58 Å². The second kappa shape index (κ2) is 6.33. The van der Waals surface area contributed by atoms with Crippen molar-refractivity contribution in [3.05, 3.63) is 87.3 Å². The minimum atomic E-state index is -0.441. The van der Waals surface area contributed by atoms with E-state index in [4.69, 9.17) is 27.6 Å². The van der Waals surface area contributed by atoms with E-state index in [0.29, 0.717) is 37.7 Å². The van der Waals surface area contributed by atoms with Crippen LogP contribution in [0.5, 0.6) is 0 Å². The Hall–Kier alpha value is -3.34. The summed E-state index contributed by atoms with van der Waals surface area (Å²) in [6.45, 7) is 0. The van der Waals surface area contributed by atoms with Crippen molar-refractivity contribution in [3.8, 4) is 11.1 Å². The molecule has 0 aliphatic rings. The molecule has 0 aliphatic heterocycles. The van der Waals surface area contributed by atoms with Crippen molar-refractivity contribution in [2.45, 2.75) is 0 Å². The number of hydrogen-bond acceptors (Lipinski definition) is 3. The molecule has 6 rings (SSSR count). The van der Waals surface area contributed by atoms with Crippen molar-refractivity contribution in [2.24, 2.45) is 0 Å². The molecular formula is C24H12Cl2N2O2. The maximum atomic E-state index is 13.2. The van der Waals surface area contributed by atoms with Crippen LogP contribution in [0.4, 0.5) is 0 Å². The average Bonchev–Trinajstić information content (AvgIpc) is 3.24. The van der Waals surface area contributed by atoms with Crippen molar-refractivity contribution in [2.75, 3.05) is 0 Å². The SMILES string of the molecule is O=c1oc2ccccc2c2[nH]c3c(ccc4ccnc43)c(-c3cccc(Cl)c3Cl)c12. The molecule has 4 nitrogen and oxygen atoms in total. The molecule has 0 saturated heterocycles. The van der Waals surface area contributed by atoms with Crippen LogP contribution in [0.25, 0.3) is 54.8 Å². The predicted octanol–water partition coefficient (Wildman–Crippen LogP) is 6.95. The number of nitrogens with zero attached hydrogens (tertiary/aromatic N) is 1. The summed E-state index contributed by atoms with van der Waals surface area (Å²) in [6, 6.07) is 18.8. The quantitative estimate of drug-likeness (QED) is 0.174. The molecule has 0 unspecified atom stereocenters. The molecule has 6 heteroatoms. The molecule has 3 aromatic carbocycles. The summed E-state index contributed by atoms with van der Waals surface area (Å²) in [4.78, 5) is 21.2. The topological polar surface area (TPSA) is 58.9 Å². The summed E-state index contributed by atoms with van der Waals surface area (Å²) < 4.78 is 5.66. The standard InChI is InChI=1S/C24H12Cl2N2O2/c25-16-6-3-5-14(20(16)26)18-15-9-8-12-10-11-27-21(12)23(15)28-22-13-4-1-2-7-17(13)30-24(29)19(18)22/h1-11,28H. The van der Waals surface area contributed by atoms with Gasteiger partial charge >= 0.3 is 5.63 Å². The lowest BCUT2D eigenvalue weighted by atomic mass is 9.95. The number of para-hydroxylation sites is 1. The van der Waals surface area contributed by atoms with Crippen molar-refractivity contribution in [1.29, 1.82) is 0 Å². The van der Waals surface area contributed by atoms with Crippen LogP contribution in [-0.2, 0) is 0 Å². The maximum Gasteiger partial charge on any atom is 0.346 e. The maximum absolute atomic E-state index is 13.2. The number of aromatic amines is 1. The highest BCUT2D eigenvalue weighted by atomic mass is 35.5. The van der Waals surface area contributed by atoms with Gasteiger partial charge in [0.05, 0.1) is 32.0 Å². The zero-order chi connectivity index (χ0) is 20.4. The van der Waals surface area contributed by atoms with E-state index in [1.54, 1.807) is 18.3 Å². The van der Waals surface area contributed by atoms with Crippen LogP contribution in [0.2, 0.25) is 10.0 Å². The fourth-order valence-corrected chi connectivity index (χ4v) is 4.55. The minimum absolute atomic E-state index is 0.385. The zero-order valence-electron chi connectivity index (χ0n) is 15.4. The summed E-state index contributed by atoms with van der Waals surface area (Å²) in [7, 11) is 0. The number of fused-ring (bicyclic) bond motifs is 6. The van der Waals surface area contributed by atoms with E-state index in [1.165, 1.54) is 0 Å². The molecule has 3 heterocycles. The third-order valence-electron chi connectivity index (χ3n) is 5.47. The van der Waals surface area contributed by atoms with Crippen molar-refractivity contribution in [3.63, 3.8) is 0 Å². The first-order valence-electron chi connectivity index (χ1n) is 9.33.